The number of guanidine groups is 1. The predicted molar refractivity (Wildman–Crippen MR) is 87.9 cm³/mol. The van der Waals surface area contributed by atoms with Crippen LogP contribution in [0.2, 0.25) is 0 Å². The lowest BCUT2D eigenvalue weighted by molar-refractivity contribution is -0.525. The first-order valence-corrected chi connectivity index (χ1v) is 7.54. The number of nitrogens with one attached hydrogen (secondary N) is 2. The van der Waals surface area contributed by atoms with E-state index in [2.05, 4.69) is 10.3 Å². The molecular formula is C12H26N8O4. The maximum absolute atomic E-state index is 11.9. The minimum atomic E-state index is -0.891. The molecule has 0 bridgehead atoms. The molecule has 12 heteroatoms. The fourth-order valence-corrected chi connectivity index (χ4v) is 1.83. The summed E-state index contributed by atoms with van der Waals surface area (Å²) in [6.45, 7) is 0.655. The minimum absolute atomic E-state index is 0.134. The Morgan fingerprint density at radius 2 is 1.83 bits per heavy atom. The lowest BCUT2D eigenvalue weighted by Crippen LogP contribution is -2.50. The van der Waals surface area contributed by atoms with Crippen LogP contribution in [0.4, 0.5) is 0 Å². The van der Waals surface area contributed by atoms with Crippen LogP contribution in [0, 0.1) is 10.1 Å². The lowest BCUT2D eigenvalue weighted by atomic mass is 10.1. The fraction of sp³-hybridized carbons (Fsp3) is 0.750. The second-order valence-corrected chi connectivity index (χ2v) is 5.13. The van der Waals surface area contributed by atoms with E-state index in [1.54, 1.807) is 5.43 Å². The number of aliphatic imine (C=N–C) groups is 1. The Balaban J connectivity index is 4.28. The molecule has 0 radical (unpaired) electrons. The zero-order chi connectivity index (χ0) is 18.5. The molecule has 2 amide bonds. The van der Waals surface area contributed by atoms with E-state index in [0.29, 0.717) is 25.8 Å². The first-order valence-electron chi connectivity index (χ1n) is 7.54. The second-order valence-electron chi connectivity index (χ2n) is 5.13. The van der Waals surface area contributed by atoms with Crippen LogP contribution < -0.4 is 33.7 Å². The summed E-state index contributed by atoms with van der Waals surface area (Å²) in [5, 5.41) is 11.8. The first kappa shape index (κ1) is 21.5. The maximum atomic E-state index is 11.9. The van der Waals surface area contributed by atoms with E-state index in [9.17, 15) is 19.7 Å². The summed E-state index contributed by atoms with van der Waals surface area (Å²) >= 11 is 0. The highest BCUT2D eigenvalue weighted by atomic mass is 16.7. The number of nitro groups is 1. The summed E-state index contributed by atoms with van der Waals surface area (Å²) in [5.41, 5.74) is 23.3. The van der Waals surface area contributed by atoms with Crippen LogP contribution in [0.3, 0.4) is 0 Å². The van der Waals surface area contributed by atoms with Crippen LogP contribution in [-0.4, -0.2) is 48.0 Å². The Hall–Kier alpha value is -2.47. The van der Waals surface area contributed by atoms with Gasteiger partial charge in [0.2, 0.25) is 11.8 Å². The molecule has 24 heavy (non-hydrogen) atoms. The molecule has 10 N–H and O–H groups in total. The Labute approximate surface area is 139 Å². The summed E-state index contributed by atoms with van der Waals surface area (Å²) in [5.74, 6) is -1.51. The fourth-order valence-electron chi connectivity index (χ4n) is 1.83. The van der Waals surface area contributed by atoms with Crippen LogP contribution >= 0.6 is 0 Å². The molecule has 2 atom stereocenters. The third kappa shape index (κ3) is 10.3. The van der Waals surface area contributed by atoms with E-state index in [0.717, 1.165) is 6.42 Å². The molecule has 0 aliphatic carbocycles. The topological polar surface area (TPSA) is 218 Å². The van der Waals surface area contributed by atoms with Crippen LogP contribution in [0.1, 0.15) is 32.1 Å². The van der Waals surface area contributed by atoms with Crippen molar-refractivity contribution in [3.8, 4) is 0 Å². The van der Waals surface area contributed by atoms with Gasteiger partial charge in [-0.2, -0.15) is 0 Å². The Morgan fingerprint density at radius 3 is 2.38 bits per heavy atom. The molecule has 0 heterocycles. The number of carbonyl (C=O) groups excluding carboxylic acids is 2. The van der Waals surface area contributed by atoms with Crippen molar-refractivity contribution in [3.63, 3.8) is 0 Å². The standard InChI is InChI=1S/C12H26N8O4/c13-6-2-1-4-8(14)11(22)18-9(10(15)21)5-3-7-17-12(16)19-20(23)24/h8-9H,1-7,13-14H2,(H2,15,21)(H,18,22)(H3,16,17,19)/t8-,9-/m0/s1. The zero-order valence-corrected chi connectivity index (χ0v) is 13.4. The van der Waals surface area contributed by atoms with E-state index in [1.807, 2.05) is 0 Å². The first-order chi connectivity index (χ1) is 11.3. The van der Waals surface area contributed by atoms with Crippen LogP contribution in [0.5, 0.6) is 0 Å². The van der Waals surface area contributed by atoms with Gasteiger partial charge in [-0.25, -0.2) is 15.1 Å². The molecule has 0 aliphatic rings. The Morgan fingerprint density at radius 1 is 1.17 bits per heavy atom. The predicted octanol–water partition coefficient (Wildman–Crippen LogP) is -2.71. The summed E-state index contributed by atoms with van der Waals surface area (Å²) < 4.78 is 0. The van der Waals surface area contributed by atoms with Gasteiger partial charge in [0, 0.05) is 6.54 Å². The number of unbranched alkanes of at least 4 members (excludes halogenated alkanes) is 1. The molecule has 0 saturated carbocycles. The third-order valence-electron chi connectivity index (χ3n) is 3.10. The summed E-state index contributed by atoms with van der Waals surface area (Å²) in [4.78, 5) is 37.1. The second kappa shape index (κ2) is 12.0. The number of carbonyl (C=O) groups is 2. The molecule has 0 saturated heterocycles. The number of nitrogens with zero attached hydrogens (tertiary/aromatic N) is 2. The Bertz CT molecular complexity index is 456. The molecule has 0 aromatic rings. The molecule has 0 rings (SSSR count). The van der Waals surface area contributed by atoms with E-state index in [1.165, 1.54) is 0 Å². The van der Waals surface area contributed by atoms with E-state index in [4.69, 9.17) is 22.9 Å². The van der Waals surface area contributed by atoms with Gasteiger partial charge in [0.05, 0.1) is 6.04 Å². The molecular weight excluding hydrogens is 320 g/mol. The SMILES string of the molecule is NCCCC[C@H](N)C(=O)N[C@@H](CCCN=C(N)N[N+](=O)[O-])C(N)=O. The van der Waals surface area contributed by atoms with Gasteiger partial charge in [0.15, 0.2) is 5.03 Å². The highest BCUT2D eigenvalue weighted by Gasteiger charge is 2.21. The van der Waals surface area contributed by atoms with Crippen molar-refractivity contribution < 1.29 is 14.6 Å². The Kier molecular flexibility index (Phi) is 10.8. The van der Waals surface area contributed by atoms with E-state index >= 15 is 0 Å². The number of amides is 2. The molecule has 138 valence electrons. The van der Waals surface area contributed by atoms with Crippen molar-refractivity contribution in [2.75, 3.05) is 13.1 Å². The number of hydrogen-bond donors (Lipinski definition) is 6. The van der Waals surface area contributed by atoms with Crippen molar-refractivity contribution in [1.82, 2.24) is 10.7 Å². The van der Waals surface area contributed by atoms with Gasteiger partial charge >= 0.3 is 0 Å². The zero-order valence-electron chi connectivity index (χ0n) is 13.4. The van der Waals surface area contributed by atoms with Crippen LogP contribution in [0.15, 0.2) is 4.99 Å². The summed E-state index contributed by atoms with van der Waals surface area (Å²) in [6, 6.07) is -1.63. The summed E-state index contributed by atoms with van der Waals surface area (Å²) in [6.07, 6.45) is 2.49. The highest BCUT2D eigenvalue weighted by molar-refractivity contribution is 5.88. The van der Waals surface area contributed by atoms with Crippen molar-refractivity contribution in [2.24, 2.45) is 27.9 Å². The number of nitrogens with two attached hydrogens (primary N) is 4. The van der Waals surface area contributed by atoms with Crippen LogP contribution in [-0.2, 0) is 9.59 Å². The molecule has 12 nitrogen and oxygen atoms in total. The monoisotopic (exact) mass is 346 g/mol. The van der Waals surface area contributed by atoms with E-state index in [-0.39, 0.29) is 18.9 Å². The average molecular weight is 346 g/mol. The van der Waals surface area contributed by atoms with Crippen molar-refractivity contribution in [3.05, 3.63) is 10.1 Å². The number of primary amides is 1. The van der Waals surface area contributed by atoms with Crippen molar-refractivity contribution in [2.45, 2.75) is 44.2 Å². The normalized spacial score (nSPS) is 13.8. The van der Waals surface area contributed by atoms with Gasteiger partial charge < -0.3 is 28.3 Å². The van der Waals surface area contributed by atoms with Crippen LogP contribution in [0.25, 0.3) is 0 Å². The molecule has 0 fully saturated rings. The lowest BCUT2D eigenvalue weighted by Gasteiger charge is -2.18. The smallest absolute Gasteiger partial charge is 0.251 e. The third-order valence-corrected chi connectivity index (χ3v) is 3.10. The number of hydrazine groups is 1. The average Bonchev–Trinajstić information content (AvgIpc) is 2.49. The van der Waals surface area contributed by atoms with Gasteiger partial charge in [-0.15, -0.1) is 0 Å². The van der Waals surface area contributed by atoms with Gasteiger partial charge in [-0.05, 0) is 32.2 Å². The number of rotatable bonds is 12. The molecule has 0 aromatic carbocycles. The quantitative estimate of drug-likeness (QED) is 0.0715. The number of hydrogen-bond acceptors (Lipinski definition) is 7. The largest absolute Gasteiger partial charge is 0.368 e. The van der Waals surface area contributed by atoms with Gasteiger partial charge in [-0.3, -0.25) is 9.59 Å². The molecule has 0 spiro atoms. The van der Waals surface area contributed by atoms with Gasteiger partial charge in [0.25, 0.3) is 5.96 Å². The van der Waals surface area contributed by atoms with Crippen molar-refractivity contribution >= 4 is 17.8 Å². The van der Waals surface area contributed by atoms with Gasteiger partial charge in [0.1, 0.15) is 6.04 Å². The molecule has 0 aliphatic heterocycles. The minimum Gasteiger partial charge on any atom is -0.368 e. The highest BCUT2D eigenvalue weighted by Crippen LogP contribution is 2.02. The molecule has 0 unspecified atom stereocenters. The molecule has 0 aromatic heterocycles. The summed E-state index contributed by atoms with van der Waals surface area (Å²) in [7, 11) is 0. The van der Waals surface area contributed by atoms with E-state index < -0.39 is 28.9 Å². The van der Waals surface area contributed by atoms with Crippen molar-refractivity contribution in [1.29, 1.82) is 0 Å². The maximum Gasteiger partial charge on any atom is 0.251 e. The van der Waals surface area contributed by atoms with Gasteiger partial charge in [-0.1, -0.05) is 11.8 Å².